The lowest BCUT2D eigenvalue weighted by Gasteiger charge is -2.18. The van der Waals surface area contributed by atoms with E-state index in [-0.39, 0.29) is 5.56 Å². The van der Waals surface area contributed by atoms with Crippen LogP contribution in [0.3, 0.4) is 0 Å². The lowest BCUT2D eigenvalue weighted by Crippen LogP contribution is -2.35. The topological polar surface area (TPSA) is 57.5 Å². The van der Waals surface area contributed by atoms with Crippen LogP contribution < -0.4 is 0 Å². The summed E-state index contributed by atoms with van der Waals surface area (Å²) in [7, 11) is 0. The van der Waals surface area contributed by atoms with Gasteiger partial charge in [-0.2, -0.15) is 8.78 Å². The molecular weight excluding hydrogens is 354 g/mol. The van der Waals surface area contributed by atoms with Crippen molar-refractivity contribution in [1.82, 2.24) is 0 Å². The van der Waals surface area contributed by atoms with E-state index in [9.17, 15) is 18.7 Å². The lowest BCUT2D eigenvalue weighted by atomic mass is 10.0. The Morgan fingerprint density at radius 1 is 1.31 bits per heavy atom. The molecule has 1 aromatic rings. The molecule has 0 saturated carbocycles. The van der Waals surface area contributed by atoms with Gasteiger partial charge in [-0.15, -0.1) is 0 Å². The van der Waals surface area contributed by atoms with Gasteiger partial charge in [0.05, 0.1) is 0 Å². The van der Waals surface area contributed by atoms with Crippen molar-refractivity contribution < 1.29 is 23.8 Å². The van der Waals surface area contributed by atoms with Crippen LogP contribution in [-0.2, 0) is 4.79 Å². The summed E-state index contributed by atoms with van der Waals surface area (Å²) in [5, 5.41) is 17.5. The van der Waals surface area contributed by atoms with Crippen LogP contribution in [0.2, 0.25) is 0 Å². The van der Waals surface area contributed by atoms with Crippen molar-refractivity contribution in [3.05, 3.63) is 32.7 Å². The van der Waals surface area contributed by atoms with Crippen LogP contribution in [0.15, 0.2) is 27.1 Å². The minimum Gasteiger partial charge on any atom is -0.477 e. The summed E-state index contributed by atoms with van der Waals surface area (Å²) in [5.41, 5.74) is -0.178. The SMILES string of the molecule is O=C(O)C(F)(F)C(O)c1ccc(Br)c(Br)c1. The molecule has 1 rings (SSSR count). The molecule has 1 unspecified atom stereocenters. The fraction of sp³-hybridized carbons (Fsp3) is 0.222. The van der Waals surface area contributed by atoms with Crippen molar-refractivity contribution in [2.24, 2.45) is 0 Å². The van der Waals surface area contributed by atoms with Crippen LogP contribution in [0, 0.1) is 0 Å². The van der Waals surface area contributed by atoms with Crippen LogP contribution in [0.1, 0.15) is 11.7 Å². The van der Waals surface area contributed by atoms with Gasteiger partial charge in [0.25, 0.3) is 0 Å². The maximum atomic E-state index is 13.0. The van der Waals surface area contributed by atoms with Crippen LogP contribution in [0.25, 0.3) is 0 Å². The Labute approximate surface area is 106 Å². The van der Waals surface area contributed by atoms with E-state index >= 15 is 0 Å². The number of alkyl halides is 2. The molecule has 0 aromatic heterocycles. The highest BCUT2D eigenvalue weighted by Gasteiger charge is 2.47. The van der Waals surface area contributed by atoms with E-state index in [0.717, 1.165) is 0 Å². The molecule has 0 radical (unpaired) electrons. The summed E-state index contributed by atoms with van der Waals surface area (Å²) >= 11 is 6.19. The summed E-state index contributed by atoms with van der Waals surface area (Å²) in [6, 6.07) is 3.88. The van der Waals surface area contributed by atoms with E-state index in [1.165, 1.54) is 18.2 Å². The Morgan fingerprint density at radius 3 is 2.31 bits per heavy atom. The first kappa shape index (κ1) is 13.5. The Bertz CT molecular complexity index is 423. The van der Waals surface area contributed by atoms with Crippen LogP contribution in [0.5, 0.6) is 0 Å². The summed E-state index contributed by atoms with van der Waals surface area (Å²) < 4.78 is 27.0. The number of hydrogen-bond acceptors (Lipinski definition) is 2. The van der Waals surface area contributed by atoms with Crippen molar-refractivity contribution in [1.29, 1.82) is 0 Å². The largest absolute Gasteiger partial charge is 0.477 e. The predicted octanol–water partition coefficient (Wildman–Crippen LogP) is 2.96. The monoisotopic (exact) mass is 358 g/mol. The third-order valence-corrected chi connectivity index (χ3v) is 3.77. The molecule has 0 aliphatic carbocycles. The number of hydrogen-bond donors (Lipinski definition) is 2. The van der Waals surface area contributed by atoms with Crippen LogP contribution >= 0.6 is 31.9 Å². The Kier molecular flexibility index (Phi) is 4.03. The Hall–Kier alpha value is -0.530. The number of rotatable bonds is 3. The first-order chi connectivity index (χ1) is 7.26. The molecular formula is C9H6Br2F2O3. The zero-order valence-corrected chi connectivity index (χ0v) is 10.8. The fourth-order valence-corrected chi connectivity index (χ4v) is 1.65. The zero-order chi connectivity index (χ0) is 12.5. The smallest absolute Gasteiger partial charge is 0.377 e. The number of aliphatic hydroxyl groups excluding tert-OH is 1. The maximum absolute atomic E-state index is 13.0. The standard InChI is InChI=1S/C9H6Br2F2O3/c10-5-2-1-4(3-6(5)11)7(14)9(12,13)8(15)16/h1-3,7,14H,(H,15,16). The van der Waals surface area contributed by atoms with E-state index in [2.05, 4.69) is 31.9 Å². The van der Waals surface area contributed by atoms with E-state index in [1.807, 2.05) is 0 Å². The second-order valence-electron chi connectivity index (χ2n) is 3.00. The third-order valence-electron chi connectivity index (χ3n) is 1.89. The third kappa shape index (κ3) is 2.58. The highest BCUT2D eigenvalue weighted by Crippen LogP contribution is 2.34. The first-order valence-corrected chi connectivity index (χ1v) is 5.59. The quantitative estimate of drug-likeness (QED) is 0.872. The Morgan fingerprint density at radius 2 is 1.88 bits per heavy atom. The number of halogens is 4. The fourth-order valence-electron chi connectivity index (χ4n) is 1.01. The van der Waals surface area contributed by atoms with Gasteiger partial charge in [-0.05, 0) is 49.6 Å². The van der Waals surface area contributed by atoms with E-state index in [4.69, 9.17) is 5.11 Å². The summed E-state index contributed by atoms with van der Waals surface area (Å²) in [4.78, 5) is 10.3. The Balaban J connectivity index is 3.10. The van der Waals surface area contributed by atoms with Crippen molar-refractivity contribution in [3.8, 4) is 0 Å². The molecule has 7 heteroatoms. The number of carbonyl (C=O) groups is 1. The molecule has 0 bridgehead atoms. The summed E-state index contributed by atoms with van der Waals surface area (Å²) in [5.74, 6) is -6.58. The molecule has 0 amide bonds. The molecule has 16 heavy (non-hydrogen) atoms. The summed E-state index contributed by atoms with van der Waals surface area (Å²) in [6.07, 6.45) is -2.38. The second-order valence-corrected chi connectivity index (χ2v) is 4.71. The molecule has 0 saturated heterocycles. The van der Waals surface area contributed by atoms with Gasteiger partial charge >= 0.3 is 11.9 Å². The molecule has 1 aromatic carbocycles. The van der Waals surface area contributed by atoms with E-state index in [0.29, 0.717) is 8.95 Å². The van der Waals surface area contributed by atoms with Crippen LogP contribution in [0.4, 0.5) is 8.78 Å². The van der Waals surface area contributed by atoms with Gasteiger partial charge in [0.1, 0.15) is 0 Å². The van der Waals surface area contributed by atoms with Gasteiger partial charge < -0.3 is 10.2 Å². The molecule has 0 aliphatic rings. The molecule has 1 atom stereocenters. The van der Waals surface area contributed by atoms with Gasteiger partial charge in [0, 0.05) is 8.95 Å². The average Bonchev–Trinajstić information content (AvgIpc) is 2.20. The lowest BCUT2D eigenvalue weighted by molar-refractivity contribution is -0.182. The highest BCUT2D eigenvalue weighted by molar-refractivity contribution is 9.13. The van der Waals surface area contributed by atoms with Gasteiger partial charge in [-0.3, -0.25) is 0 Å². The predicted molar refractivity (Wildman–Crippen MR) is 59.4 cm³/mol. The van der Waals surface area contributed by atoms with Crippen LogP contribution in [-0.4, -0.2) is 22.1 Å². The van der Waals surface area contributed by atoms with Crippen molar-refractivity contribution in [3.63, 3.8) is 0 Å². The van der Waals surface area contributed by atoms with Crippen molar-refractivity contribution in [2.75, 3.05) is 0 Å². The van der Waals surface area contributed by atoms with Gasteiger partial charge in [-0.25, -0.2) is 4.79 Å². The summed E-state index contributed by atoms with van der Waals surface area (Å²) in [6.45, 7) is 0. The number of carboxylic acid groups (broad SMARTS) is 1. The van der Waals surface area contributed by atoms with Gasteiger partial charge in [0.15, 0.2) is 6.10 Å². The number of aliphatic hydroxyl groups is 1. The average molecular weight is 360 g/mol. The normalized spacial score (nSPS) is 13.6. The van der Waals surface area contributed by atoms with Crippen molar-refractivity contribution in [2.45, 2.75) is 12.0 Å². The van der Waals surface area contributed by atoms with E-state index < -0.39 is 18.0 Å². The number of aliphatic carboxylic acids is 1. The number of benzene rings is 1. The first-order valence-electron chi connectivity index (χ1n) is 4.01. The molecule has 88 valence electrons. The van der Waals surface area contributed by atoms with E-state index in [1.54, 1.807) is 0 Å². The van der Waals surface area contributed by atoms with Crippen molar-refractivity contribution >= 4 is 37.8 Å². The molecule has 2 N–H and O–H groups in total. The molecule has 0 spiro atoms. The maximum Gasteiger partial charge on any atom is 0.377 e. The minimum atomic E-state index is -4.22. The zero-order valence-electron chi connectivity index (χ0n) is 7.62. The molecule has 3 nitrogen and oxygen atoms in total. The molecule has 0 aliphatic heterocycles. The van der Waals surface area contributed by atoms with Gasteiger partial charge in [-0.1, -0.05) is 6.07 Å². The second kappa shape index (κ2) is 4.77. The minimum absolute atomic E-state index is 0.178. The molecule has 0 heterocycles. The van der Waals surface area contributed by atoms with Gasteiger partial charge in [0.2, 0.25) is 0 Å². The molecule has 0 fully saturated rings. The highest BCUT2D eigenvalue weighted by atomic mass is 79.9. The number of carboxylic acids is 1.